The number of methoxy groups -OCH3 is 1. The maximum atomic E-state index is 13.4. The van der Waals surface area contributed by atoms with Gasteiger partial charge in [0.25, 0.3) is 0 Å². The van der Waals surface area contributed by atoms with E-state index in [1.165, 1.54) is 14.0 Å². The van der Waals surface area contributed by atoms with E-state index in [0.717, 1.165) is 28.9 Å². The van der Waals surface area contributed by atoms with Crippen LogP contribution >= 0.6 is 0 Å². The molecule has 3 rings (SSSR count). The van der Waals surface area contributed by atoms with E-state index in [2.05, 4.69) is 5.10 Å². The Morgan fingerprint density at radius 2 is 1.89 bits per heavy atom. The summed E-state index contributed by atoms with van der Waals surface area (Å²) in [4.78, 5) is -0.514. The highest BCUT2D eigenvalue weighted by atomic mass is 32.2. The fourth-order valence-corrected chi connectivity index (χ4v) is 5.83. The van der Waals surface area contributed by atoms with Crippen LogP contribution in [0.5, 0.6) is 0 Å². The lowest BCUT2D eigenvalue weighted by molar-refractivity contribution is -0.141. The molecule has 1 saturated heterocycles. The van der Waals surface area contributed by atoms with Crippen molar-refractivity contribution in [1.82, 2.24) is 9.78 Å². The quantitative estimate of drug-likeness (QED) is 0.251. The molecule has 0 bridgehead atoms. The van der Waals surface area contributed by atoms with Crippen molar-refractivity contribution in [2.45, 2.75) is 60.8 Å². The Hall–Kier alpha value is -2.16. The molecular weight excluding hydrogens is 518 g/mol. The first kappa shape index (κ1) is 28.4. The van der Waals surface area contributed by atoms with Gasteiger partial charge in [0.2, 0.25) is 0 Å². The maximum Gasteiger partial charge on any atom is 0.435 e. The molecule has 0 aliphatic carbocycles. The molecule has 0 radical (unpaired) electrons. The van der Waals surface area contributed by atoms with E-state index < -0.39 is 49.2 Å². The third kappa shape index (κ3) is 6.21. The number of sulfone groups is 1. The number of alkyl halides is 6. The van der Waals surface area contributed by atoms with Gasteiger partial charge in [-0.1, -0.05) is 6.07 Å². The van der Waals surface area contributed by atoms with Gasteiger partial charge in [-0.2, -0.15) is 31.4 Å². The van der Waals surface area contributed by atoms with Gasteiger partial charge in [0.05, 0.1) is 27.5 Å². The lowest BCUT2D eigenvalue weighted by atomic mass is 9.94. The van der Waals surface area contributed by atoms with Gasteiger partial charge in [0.1, 0.15) is 12.9 Å². The number of nitrogens with zero attached hydrogens (tertiary/aromatic N) is 2. The van der Waals surface area contributed by atoms with Crippen molar-refractivity contribution in [1.29, 1.82) is 0 Å². The van der Waals surface area contributed by atoms with Crippen LogP contribution in [0.2, 0.25) is 0 Å². The zero-order valence-electron chi connectivity index (χ0n) is 19.5. The second kappa shape index (κ2) is 10.7. The minimum absolute atomic E-state index is 0.0112. The van der Waals surface area contributed by atoms with Gasteiger partial charge in [0.15, 0.2) is 15.5 Å². The van der Waals surface area contributed by atoms with E-state index in [9.17, 15) is 34.8 Å². The van der Waals surface area contributed by atoms with Gasteiger partial charge in [-0.3, -0.25) is 4.68 Å². The molecule has 1 aromatic carbocycles. The highest BCUT2D eigenvalue weighted by molar-refractivity contribution is 7.92. The molecule has 0 saturated carbocycles. The van der Waals surface area contributed by atoms with Crippen LogP contribution in [0.25, 0.3) is 0 Å². The molecule has 2 aromatic rings. The second-order valence-corrected chi connectivity index (χ2v) is 11.1. The van der Waals surface area contributed by atoms with Crippen molar-refractivity contribution in [3.05, 3.63) is 47.3 Å². The summed E-state index contributed by atoms with van der Waals surface area (Å²) >= 11 is 0. The van der Waals surface area contributed by atoms with Crippen LogP contribution in [0.3, 0.4) is 0 Å². The number of aryl methyl sites for hydroxylation is 1. The monoisotopic (exact) mass is 544 g/mol. The van der Waals surface area contributed by atoms with Gasteiger partial charge in [-0.15, -0.1) is 0 Å². The van der Waals surface area contributed by atoms with Crippen LogP contribution in [-0.4, -0.2) is 50.1 Å². The summed E-state index contributed by atoms with van der Waals surface area (Å²) in [6.45, 7) is 1.47. The molecule has 14 heteroatoms. The van der Waals surface area contributed by atoms with Crippen LogP contribution in [0.1, 0.15) is 49.2 Å². The molecule has 0 spiro atoms. The van der Waals surface area contributed by atoms with Gasteiger partial charge >= 0.3 is 12.4 Å². The zero-order chi connectivity index (χ0) is 26.8. The number of benzene rings is 1. The lowest BCUT2D eigenvalue weighted by Gasteiger charge is -2.37. The Bertz CT molecular complexity index is 1150. The van der Waals surface area contributed by atoms with Gasteiger partial charge in [-0.05, 0) is 50.5 Å². The molecule has 7 nitrogen and oxygen atoms in total. The van der Waals surface area contributed by atoms with E-state index >= 15 is 0 Å². The highest BCUT2D eigenvalue weighted by Gasteiger charge is 2.47. The summed E-state index contributed by atoms with van der Waals surface area (Å²) in [6, 6.07) is 4.22. The summed E-state index contributed by atoms with van der Waals surface area (Å²) in [5, 5.41) is 3.63. The molecule has 36 heavy (non-hydrogen) atoms. The Morgan fingerprint density at radius 3 is 2.53 bits per heavy atom. The number of hydrogen-bond donors (Lipinski definition) is 0. The summed E-state index contributed by atoms with van der Waals surface area (Å²) in [7, 11) is -2.89. The fourth-order valence-electron chi connectivity index (χ4n) is 4.00. The third-order valence-electron chi connectivity index (χ3n) is 5.98. The average Bonchev–Trinajstić information content (AvgIpc) is 3.23. The van der Waals surface area contributed by atoms with Crippen molar-refractivity contribution in [2.75, 3.05) is 27.1 Å². The van der Waals surface area contributed by atoms with E-state index in [1.54, 1.807) is 0 Å². The summed E-state index contributed by atoms with van der Waals surface area (Å²) < 4.78 is 122. The first-order valence-electron chi connectivity index (χ1n) is 10.9. The summed E-state index contributed by atoms with van der Waals surface area (Å²) in [5.41, 5.74) is -2.24. The fraction of sp³-hybridized carbons (Fsp3) is 0.591. The molecular formula is C22H26F6N2O5S. The average molecular weight is 545 g/mol. The first-order chi connectivity index (χ1) is 16.7. The molecule has 1 aliphatic heterocycles. The van der Waals surface area contributed by atoms with Crippen LogP contribution in [-0.2, 0) is 42.9 Å². The predicted octanol–water partition coefficient (Wildman–Crippen LogP) is 5.02. The van der Waals surface area contributed by atoms with Crippen molar-refractivity contribution in [3.8, 4) is 0 Å². The van der Waals surface area contributed by atoms with Crippen LogP contribution in [0, 0.1) is 0 Å². The van der Waals surface area contributed by atoms with E-state index in [1.807, 2.05) is 0 Å². The largest absolute Gasteiger partial charge is 0.435 e. The predicted molar refractivity (Wildman–Crippen MR) is 115 cm³/mol. The Morgan fingerprint density at radius 1 is 1.17 bits per heavy atom. The van der Waals surface area contributed by atoms with Crippen LogP contribution in [0.15, 0.2) is 35.2 Å². The van der Waals surface area contributed by atoms with Gasteiger partial charge < -0.3 is 14.2 Å². The summed E-state index contributed by atoms with van der Waals surface area (Å²) in [6.07, 6.45) is -10.6. The van der Waals surface area contributed by atoms with E-state index in [0.29, 0.717) is 12.5 Å². The SMILES string of the molecule is COCOCCCn1nc(C(F)(F)F)cc1C1CC(C)(S(=O)(=O)c2cccc(C(F)(F)F)c2)CCO1. The van der Waals surface area contributed by atoms with E-state index in [-0.39, 0.29) is 45.1 Å². The molecule has 0 N–H and O–H groups in total. The molecule has 0 amide bonds. The standard InChI is InChI=1S/C22H26F6N2O5S/c1-20(36(31,32)16-6-3-5-15(11-16)21(23,24)25)7-10-35-18(13-20)17-12-19(22(26,27)28)29-30(17)8-4-9-34-14-33-2/h3,5-6,11-12,18H,4,7-10,13-14H2,1-2H3. The third-order valence-corrected chi connectivity index (χ3v) is 8.52. The van der Waals surface area contributed by atoms with Crippen molar-refractivity contribution in [2.24, 2.45) is 0 Å². The first-order valence-corrected chi connectivity index (χ1v) is 12.4. The van der Waals surface area contributed by atoms with Crippen molar-refractivity contribution < 1.29 is 49.0 Å². The lowest BCUT2D eigenvalue weighted by Crippen LogP contribution is -2.42. The normalized spacial score (nSPS) is 21.6. The Labute approximate surface area is 204 Å². The topological polar surface area (TPSA) is 79.7 Å². The van der Waals surface area contributed by atoms with Crippen molar-refractivity contribution in [3.63, 3.8) is 0 Å². The minimum Gasteiger partial charge on any atom is -0.372 e. The number of rotatable bonds is 9. The number of ether oxygens (including phenoxy) is 3. The molecule has 2 heterocycles. The molecule has 1 aromatic heterocycles. The zero-order valence-corrected chi connectivity index (χ0v) is 20.3. The Kier molecular flexibility index (Phi) is 8.43. The minimum atomic E-state index is -4.74. The van der Waals surface area contributed by atoms with Gasteiger partial charge in [-0.25, -0.2) is 8.42 Å². The molecule has 2 atom stereocenters. The maximum absolute atomic E-state index is 13.4. The van der Waals surface area contributed by atoms with Gasteiger partial charge in [0, 0.05) is 20.3 Å². The number of hydrogen-bond acceptors (Lipinski definition) is 6. The van der Waals surface area contributed by atoms with Crippen LogP contribution < -0.4 is 0 Å². The molecule has 202 valence electrons. The Balaban J connectivity index is 1.91. The smallest absolute Gasteiger partial charge is 0.372 e. The molecule has 2 unspecified atom stereocenters. The second-order valence-electron chi connectivity index (χ2n) is 8.64. The highest BCUT2D eigenvalue weighted by Crippen LogP contribution is 2.43. The van der Waals surface area contributed by atoms with Crippen molar-refractivity contribution >= 4 is 9.84 Å². The number of aromatic nitrogens is 2. The molecule has 1 fully saturated rings. The van der Waals surface area contributed by atoms with E-state index in [4.69, 9.17) is 14.2 Å². The summed E-state index contributed by atoms with van der Waals surface area (Å²) in [5.74, 6) is 0. The van der Waals surface area contributed by atoms with Crippen LogP contribution in [0.4, 0.5) is 26.3 Å². The molecule has 1 aliphatic rings. The number of halogens is 6.